The van der Waals surface area contributed by atoms with Gasteiger partial charge >= 0.3 is 0 Å². The second-order valence-corrected chi connectivity index (χ2v) is 9.26. The number of ether oxygens (including phenoxy) is 2. The predicted molar refractivity (Wildman–Crippen MR) is 153 cm³/mol. The van der Waals surface area contributed by atoms with E-state index in [1.54, 1.807) is 25.4 Å². The van der Waals surface area contributed by atoms with E-state index in [0.717, 1.165) is 57.8 Å². The first-order chi connectivity index (χ1) is 18.4. The maximum absolute atomic E-state index is 13.5. The minimum atomic E-state index is -0.262. The molecule has 3 heterocycles. The second kappa shape index (κ2) is 12.9. The van der Waals surface area contributed by atoms with Gasteiger partial charge in [0.2, 0.25) is 0 Å². The molecule has 0 radical (unpaired) electrons. The SMILES string of the molecule is C=C=CN.CC.COc1cc(CCc2cc3c(c(-c4ccc(F)cc4)n2)OCC3(C)C)cc2cccnc12. The number of hydrogen-bond acceptors (Lipinski definition) is 5. The van der Waals surface area contributed by atoms with Gasteiger partial charge in [-0.2, -0.15) is 0 Å². The summed E-state index contributed by atoms with van der Waals surface area (Å²) in [5, 5.41) is 1.06. The van der Waals surface area contributed by atoms with E-state index in [0.29, 0.717) is 6.61 Å². The molecule has 0 amide bonds. The van der Waals surface area contributed by atoms with Crippen molar-refractivity contribution in [2.24, 2.45) is 5.73 Å². The number of hydrogen-bond donors (Lipinski definition) is 1. The van der Waals surface area contributed by atoms with Crippen LogP contribution in [0, 0.1) is 5.82 Å². The van der Waals surface area contributed by atoms with Crippen LogP contribution in [0.4, 0.5) is 4.39 Å². The van der Waals surface area contributed by atoms with Crippen molar-refractivity contribution < 1.29 is 13.9 Å². The molecular formula is C32H36FN3O2. The molecule has 0 saturated carbocycles. The summed E-state index contributed by atoms with van der Waals surface area (Å²) in [6.07, 6.45) is 4.63. The number of nitrogens with zero attached hydrogens (tertiary/aromatic N) is 2. The van der Waals surface area contributed by atoms with Crippen molar-refractivity contribution in [1.29, 1.82) is 0 Å². The maximum Gasteiger partial charge on any atom is 0.149 e. The topological polar surface area (TPSA) is 70.3 Å². The molecule has 0 aliphatic carbocycles. The van der Waals surface area contributed by atoms with E-state index in [1.165, 1.54) is 23.9 Å². The van der Waals surface area contributed by atoms with Gasteiger partial charge in [-0.05, 0) is 66.9 Å². The first kappa shape index (κ1) is 28.4. The fraction of sp³-hybridized carbons (Fsp3) is 0.281. The molecular weight excluding hydrogens is 477 g/mol. The monoisotopic (exact) mass is 513 g/mol. The van der Waals surface area contributed by atoms with Gasteiger partial charge in [0.25, 0.3) is 0 Å². The van der Waals surface area contributed by atoms with Crippen LogP contribution in [0.2, 0.25) is 0 Å². The third kappa shape index (κ3) is 6.39. The fourth-order valence-electron chi connectivity index (χ4n) is 4.29. The highest BCUT2D eigenvalue weighted by Gasteiger charge is 2.35. The average molecular weight is 514 g/mol. The lowest BCUT2D eigenvalue weighted by molar-refractivity contribution is 0.291. The molecule has 1 aliphatic heterocycles. The van der Waals surface area contributed by atoms with Crippen molar-refractivity contribution in [2.45, 2.75) is 46.0 Å². The van der Waals surface area contributed by atoms with E-state index < -0.39 is 0 Å². The molecule has 0 fully saturated rings. The largest absolute Gasteiger partial charge is 0.494 e. The Morgan fingerprint density at radius 1 is 1.13 bits per heavy atom. The number of methoxy groups -OCH3 is 1. The molecule has 0 bridgehead atoms. The van der Waals surface area contributed by atoms with Gasteiger partial charge in [0.05, 0.1) is 13.7 Å². The summed E-state index contributed by atoms with van der Waals surface area (Å²) in [4.78, 5) is 9.38. The van der Waals surface area contributed by atoms with Crippen molar-refractivity contribution in [2.75, 3.05) is 13.7 Å². The van der Waals surface area contributed by atoms with Gasteiger partial charge < -0.3 is 15.2 Å². The molecule has 6 heteroatoms. The number of fused-ring (bicyclic) bond motifs is 2. The Bertz CT molecular complexity index is 1430. The summed E-state index contributed by atoms with van der Waals surface area (Å²) < 4.78 is 25.1. The molecule has 1 aliphatic rings. The number of benzene rings is 2. The Hall–Kier alpha value is -4.15. The lowest BCUT2D eigenvalue weighted by Gasteiger charge is -2.17. The predicted octanol–water partition coefficient (Wildman–Crippen LogP) is 7.17. The molecule has 0 atom stereocenters. The van der Waals surface area contributed by atoms with Gasteiger partial charge in [-0.3, -0.25) is 4.98 Å². The third-order valence-corrected chi connectivity index (χ3v) is 6.19. The standard InChI is InChI=1S/C27H25FN2O2.C3H5N.C2H6/c1-27(2)16-32-26-22(27)15-21(30-25(26)18-7-9-20(28)10-8-18)11-6-17-13-19-5-4-12-29-24(19)23(14-17)31-3;1-2-3-4;1-2/h4-5,7-10,12-15H,6,11,16H2,1-3H3;3H,1,4H2;1-2H3. The Morgan fingerprint density at radius 2 is 1.84 bits per heavy atom. The van der Waals surface area contributed by atoms with Crippen LogP contribution in [0.15, 0.2) is 79.3 Å². The summed E-state index contributed by atoms with van der Waals surface area (Å²) in [6.45, 7) is 12.1. The summed E-state index contributed by atoms with van der Waals surface area (Å²) in [6, 6.07) is 16.8. The quantitative estimate of drug-likeness (QED) is 0.287. The van der Waals surface area contributed by atoms with Gasteiger partial charge in [0.15, 0.2) is 0 Å². The lowest BCUT2D eigenvalue weighted by Crippen LogP contribution is -2.18. The Labute approximate surface area is 224 Å². The molecule has 0 spiro atoms. The molecule has 5 nitrogen and oxygen atoms in total. The van der Waals surface area contributed by atoms with Crippen LogP contribution in [0.1, 0.15) is 44.5 Å². The van der Waals surface area contributed by atoms with Crippen LogP contribution in [0.3, 0.4) is 0 Å². The van der Waals surface area contributed by atoms with Gasteiger partial charge in [-0.1, -0.05) is 40.3 Å². The summed E-state index contributed by atoms with van der Waals surface area (Å²) >= 11 is 0. The van der Waals surface area contributed by atoms with Crippen LogP contribution in [-0.4, -0.2) is 23.7 Å². The van der Waals surface area contributed by atoms with Crippen LogP contribution >= 0.6 is 0 Å². The third-order valence-electron chi connectivity index (χ3n) is 6.19. The van der Waals surface area contributed by atoms with Crippen LogP contribution in [-0.2, 0) is 18.3 Å². The van der Waals surface area contributed by atoms with Crippen LogP contribution in [0.25, 0.3) is 22.2 Å². The van der Waals surface area contributed by atoms with E-state index >= 15 is 0 Å². The zero-order valence-electron chi connectivity index (χ0n) is 22.8. The van der Waals surface area contributed by atoms with Crippen molar-refractivity contribution in [3.63, 3.8) is 0 Å². The summed E-state index contributed by atoms with van der Waals surface area (Å²) in [7, 11) is 1.67. The molecule has 38 heavy (non-hydrogen) atoms. The van der Waals surface area contributed by atoms with Crippen molar-refractivity contribution in [1.82, 2.24) is 9.97 Å². The number of pyridine rings is 2. The highest BCUT2D eigenvalue weighted by Crippen LogP contribution is 2.44. The number of aryl methyl sites for hydroxylation is 2. The van der Waals surface area contributed by atoms with Gasteiger partial charge in [0, 0.05) is 40.0 Å². The lowest BCUT2D eigenvalue weighted by atomic mass is 9.86. The van der Waals surface area contributed by atoms with Crippen molar-refractivity contribution in [3.8, 4) is 22.8 Å². The Morgan fingerprint density at radius 3 is 2.50 bits per heavy atom. The number of halogens is 1. The minimum Gasteiger partial charge on any atom is -0.494 e. The normalized spacial score (nSPS) is 12.6. The average Bonchev–Trinajstić information content (AvgIpc) is 3.26. The number of aromatic nitrogens is 2. The highest BCUT2D eigenvalue weighted by atomic mass is 19.1. The summed E-state index contributed by atoms with van der Waals surface area (Å²) in [5.41, 5.74) is 12.8. The van der Waals surface area contributed by atoms with E-state index in [2.05, 4.69) is 55.4 Å². The second-order valence-electron chi connectivity index (χ2n) is 9.26. The molecule has 0 saturated heterocycles. The van der Waals surface area contributed by atoms with Gasteiger partial charge in [-0.25, -0.2) is 9.37 Å². The Kier molecular flexibility index (Phi) is 9.64. The van der Waals surface area contributed by atoms with E-state index in [1.807, 2.05) is 19.9 Å². The maximum atomic E-state index is 13.5. The first-order valence-corrected chi connectivity index (χ1v) is 12.8. The fourth-order valence-corrected chi connectivity index (χ4v) is 4.29. The molecule has 2 aromatic carbocycles. The highest BCUT2D eigenvalue weighted by molar-refractivity contribution is 5.85. The molecule has 2 aromatic heterocycles. The zero-order valence-corrected chi connectivity index (χ0v) is 22.8. The van der Waals surface area contributed by atoms with E-state index in [-0.39, 0.29) is 11.2 Å². The molecule has 0 unspecified atom stereocenters. The van der Waals surface area contributed by atoms with Crippen LogP contribution < -0.4 is 15.2 Å². The Balaban J connectivity index is 0.000000612. The molecule has 2 N–H and O–H groups in total. The first-order valence-electron chi connectivity index (χ1n) is 12.8. The zero-order chi connectivity index (χ0) is 27.7. The van der Waals surface area contributed by atoms with Crippen molar-refractivity contribution >= 4 is 10.9 Å². The molecule has 4 aromatic rings. The molecule has 5 rings (SSSR count). The van der Waals surface area contributed by atoms with Crippen LogP contribution in [0.5, 0.6) is 11.5 Å². The number of nitrogens with two attached hydrogens (primary N) is 1. The smallest absolute Gasteiger partial charge is 0.149 e. The van der Waals surface area contributed by atoms with E-state index in [9.17, 15) is 4.39 Å². The van der Waals surface area contributed by atoms with Gasteiger partial charge in [-0.15, -0.1) is 5.73 Å². The summed E-state index contributed by atoms with van der Waals surface area (Å²) in [5.74, 6) is 1.33. The minimum absolute atomic E-state index is 0.0976. The van der Waals surface area contributed by atoms with Crippen molar-refractivity contribution in [3.05, 3.63) is 102 Å². The van der Waals surface area contributed by atoms with E-state index in [4.69, 9.17) is 20.2 Å². The molecule has 198 valence electrons. The van der Waals surface area contributed by atoms with Gasteiger partial charge in [0.1, 0.15) is 28.5 Å². The number of rotatable bonds is 5.